The standard InChI is InChI=1S/C14H18ClNO3/c1-2-19-14(18)9-6-10-16(13(17)11-15)12-7-4-3-5-8-12/h3-5,7-8H,2,6,9-11H2,1H3. The van der Waals surface area contributed by atoms with Gasteiger partial charge in [-0.1, -0.05) is 18.2 Å². The number of benzene rings is 1. The number of nitrogens with zero attached hydrogens (tertiary/aromatic N) is 1. The average Bonchev–Trinajstić information content (AvgIpc) is 2.44. The minimum Gasteiger partial charge on any atom is -0.466 e. The molecule has 0 heterocycles. The highest BCUT2D eigenvalue weighted by Gasteiger charge is 2.14. The molecule has 0 bridgehead atoms. The number of para-hydroxylation sites is 1. The number of anilines is 1. The Kier molecular flexibility index (Phi) is 6.97. The van der Waals surface area contributed by atoms with Crippen LogP contribution in [0.25, 0.3) is 0 Å². The summed E-state index contributed by atoms with van der Waals surface area (Å²) in [5, 5.41) is 0. The van der Waals surface area contributed by atoms with E-state index in [0.717, 1.165) is 5.69 Å². The molecule has 0 aliphatic rings. The Balaban J connectivity index is 2.57. The van der Waals surface area contributed by atoms with Gasteiger partial charge >= 0.3 is 5.97 Å². The number of halogens is 1. The first-order valence-electron chi connectivity index (χ1n) is 6.26. The lowest BCUT2D eigenvalue weighted by Crippen LogP contribution is -2.33. The zero-order valence-corrected chi connectivity index (χ0v) is 11.7. The number of hydrogen-bond donors (Lipinski definition) is 0. The lowest BCUT2D eigenvalue weighted by atomic mass is 10.2. The number of esters is 1. The van der Waals surface area contributed by atoms with Crippen LogP contribution >= 0.6 is 11.6 Å². The van der Waals surface area contributed by atoms with E-state index < -0.39 is 0 Å². The molecule has 0 aliphatic heterocycles. The maximum absolute atomic E-state index is 11.8. The second kappa shape index (κ2) is 8.53. The van der Waals surface area contributed by atoms with E-state index in [9.17, 15) is 9.59 Å². The predicted molar refractivity (Wildman–Crippen MR) is 75.4 cm³/mol. The SMILES string of the molecule is CCOC(=O)CCCN(C(=O)CCl)c1ccccc1. The Bertz CT molecular complexity index is 408. The van der Waals surface area contributed by atoms with Crippen LogP contribution in [0, 0.1) is 0 Å². The molecule has 1 amide bonds. The molecule has 104 valence electrons. The van der Waals surface area contributed by atoms with Crippen molar-refractivity contribution < 1.29 is 14.3 Å². The number of ether oxygens (including phenoxy) is 1. The van der Waals surface area contributed by atoms with Gasteiger partial charge in [0, 0.05) is 18.7 Å². The second-order valence-corrected chi connectivity index (χ2v) is 4.19. The highest BCUT2D eigenvalue weighted by Crippen LogP contribution is 2.15. The van der Waals surface area contributed by atoms with Gasteiger partial charge in [0.05, 0.1) is 6.61 Å². The topological polar surface area (TPSA) is 46.6 Å². The number of carbonyl (C=O) groups is 2. The third kappa shape index (κ3) is 5.30. The maximum Gasteiger partial charge on any atom is 0.305 e. The Morgan fingerprint density at radius 3 is 2.53 bits per heavy atom. The minimum absolute atomic E-state index is 0.0751. The number of amides is 1. The van der Waals surface area contributed by atoms with Crippen molar-refractivity contribution in [2.75, 3.05) is 23.9 Å². The molecule has 0 aliphatic carbocycles. The van der Waals surface area contributed by atoms with Crippen molar-refractivity contribution in [1.29, 1.82) is 0 Å². The van der Waals surface area contributed by atoms with Gasteiger partial charge in [-0.2, -0.15) is 0 Å². The van der Waals surface area contributed by atoms with Crippen molar-refractivity contribution in [3.8, 4) is 0 Å². The predicted octanol–water partition coefficient (Wildman–Crippen LogP) is 2.60. The van der Waals surface area contributed by atoms with Crippen molar-refractivity contribution in [3.05, 3.63) is 30.3 Å². The smallest absolute Gasteiger partial charge is 0.305 e. The molecule has 0 spiro atoms. The Labute approximate surface area is 118 Å². The number of alkyl halides is 1. The van der Waals surface area contributed by atoms with Crippen LogP contribution in [0.5, 0.6) is 0 Å². The first kappa shape index (κ1) is 15.5. The van der Waals surface area contributed by atoms with Crippen molar-refractivity contribution in [1.82, 2.24) is 0 Å². The largest absolute Gasteiger partial charge is 0.466 e. The summed E-state index contributed by atoms with van der Waals surface area (Å²) in [6, 6.07) is 9.28. The quantitative estimate of drug-likeness (QED) is 0.571. The molecule has 0 saturated carbocycles. The van der Waals surface area contributed by atoms with Gasteiger partial charge in [-0.05, 0) is 25.5 Å². The lowest BCUT2D eigenvalue weighted by Gasteiger charge is -2.21. The van der Waals surface area contributed by atoms with Crippen LogP contribution in [0.3, 0.4) is 0 Å². The Morgan fingerprint density at radius 1 is 1.26 bits per heavy atom. The van der Waals surface area contributed by atoms with Gasteiger partial charge in [0.15, 0.2) is 0 Å². The van der Waals surface area contributed by atoms with E-state index in [-0.39, 0.29) is 17.8 Å². The third-order valence-corrected chi connectivity index (χ3v) is 2.78. The summed E-state index contributed by atoms with van der Waals surface area (Å²) in [5.74, 6) is -0.487. The van der Waals surface area contributed by atoms with E-state index in [4.69, 9.17) is 16.3 Å². The van der Waals surface area contributed by atoms with Gasteiger partial charge in [-0.15, -0.1) is 11.6 Å². The third-order valence-electron chi connectivity index (χ3n) is 2.55. The van der Waals surface area contributed by atoms with Crippen LogP contribution < -0.4 is 4.90 Å². The Hall–Kier alpha value is -1.55. The van der Waals surface area contributed by atoms with Gasteiger partial charge in [0.25, 0.3) is 0 Å². The average molecular weight is 284 g/mol. The molecular formula is C14H18ClNO3. The van der Waals surface area contributed by atoms with Crippen LogP contribution in [0.2, 0.25) is 0 Å². The van der Waals surface area contributed by atoms with Crippen LogP contribution in [-0.4, -0.2) is 30.9 Å². The van der Waals surface area contributed by atoms with Crippen LogP contribution in [-0.2, 0) is 14.3 Å². The number of rotatable bonds is 7. The van der Waals surface area contributed by atoms with Gasteiger partial charge in [0.1, 0.15) is 5.88 Å². The summed E-state index contributed by atoms with van der Waals surface area (Å²) in [5.41, 5.74) is 0.789. The van der Waals surface area contributed by atoms with E-state index in [1.165, 1.54) is 0 Å². The fourth-order valence-corrected chi connectivity index (χ4v) is 1.84. The van der Waals surface area contributed by atoms with Gasteiger partial charge in [0.2, 0.25) is 5.91 Å². The van der Waals surface area contributed by atoms with E-state index in [1.807, 2.05) is 30.3 Å². The normalized spacial score (nSPS) is 10.0. The fourth-order valence-electron chi connectivity index (χ4n) is 1.69. The van der Waals surface area contributed by atoms with Crippen LogP contribution in [0.15, 0.2) is 30.3 Å². The van der Waals surface area contributed by atoms with Gasteiger partial charge < -0.3 is 9.64 Å². The van der Waals surface area contributed by atoms with E-state index in [2.05, 4.69) is 0 Å². The van der Waals surface area contributed by atoms with Crippen LogP contribution in [0.4, 0.5) is 5.69 Å². The lowest BCUT2D eigenvalue weighted by molar-refractivity contribution is -0.143. The number of hydrogen-bond acceptors (Lipinski definition) is 3. The molecule has 1 aromatic rings. The molecule has 0 unspecified atom stereocenters. The molecule has 1 aromatic carbocycles. The first-order chi connectivity index (χ1) is 9.19. The van der Waals surface area contributed by atoms with E-state index in [0.29, 0.717) is 26.0 Å². The summed E-state index contributed by atoms with van der Waals surface area (Å²) < 4.78 is 4.85. The number of carbonyl (C=O) groups excluding carboxylic acids is 2. The molecular weight excluding hydrogens is 266 g/mol. The van der Waals surface area contributed by atoms with E-state index >= 15 is 0 Å². The molecule has 0 radical (unpaired) electrons. The molecule has 0 N–H and O–H groups in total. The zero-order valence-electron chi connectivity index (χ0n) is 11.0. The molecule has 0 atom stereocenters. The van der Waals surface area contributed by atoms with Gasteiger partial charge in [-0.25, -0.2) is 0 Å². The van der Waals surface area contributed by atoms with Crippen molar-refractivity contribution in [2.24, 2.45) is 0 Å². The van der Waals surface area contributed by atoms with Gasteiger partial charge in [-0.3, -0.25) is 9.59 Å². The van der Waals surface area contributed by atoms with Crippen molar-refractivity contribution in [2.45, 2.75) is 19.8 Å². The maximum atomic E-state index is 11.8. The van der Waals surface area contributed by atoms with Crippen molar-refractivity contribution >= 4 is 29.2 Å². The molecule has 0 saturated heterocycles. The summed E-state index contributed by atoms with van der Waals surface area (Å²) in [4.78, 5) is 24.6. The molecule has 0 aromatic heterocycles. The molecule has 5 heteroatoms. The molecule has 19 heavy (non-hydrogen) atoms. The summed E-state index contributed by atoms with van der Waals surface area (Å²) in [7, 11) is 0. The highest BCUT2D eigenvalue weighted by molar-refractivity contribution is 6.29. The summed E-state index contributed by atoms with van der Waals surface area (Å²) in [6.07, 6.45) is 0.850. The molecule has 0 fully saturated rings. The molecule has 1 rings (SSSR count). The second-order valence-electron chi connectivity index (χ2n) is 3.92. The summed E-state index contributed by atoms with van der Waals surface area (Å²) >= 11 is 5.60. The highest BCUT2D eigenvalue weighted by atomic mass is 35.5. The van der Waals surface area contributed by atoms with Crippen LogP contribution in [0.1, 0.15) is 19.8 Å². The Morgan fingerprint density at radius 2 is 1.95 bits per heavy atom. The fraction of sp³-hybridized carbons (Fsp3) is 0.429. The zero-order chi connectivity index (χ0) is 14.1. The monoisotopic (exact) mass is 283 g/mol. The summed E-state index contributed by atoms with van der Waals surface area (Å²) in [6.45, 7) is 2.60. The minimum atomic E-state index is -0.242. The first-order valence-corrected chi connectivity index (χ1v) is 6.79. The van der Waals surface area contributed by atoms with Crippen molar-refractivity contribution in [3.63, 3.8) is 0 Å². The van der Waals surface area contributed by atoms with E-state index in [1.54, 1.807) is 11.8 Å². The molecule has 4 nitrogen and oxygen atoms in total.